The number of hydrogen-bond acceptors (Lipinski definition) is 2. The quantitative estimate of drug-likeness (QED) is 0.701. The van der Waals surface area contributed by atoms with Crippen LogP contribution in [0.1, 0.15) is 47.5 Å². The number of carbonyl (C=O) groups excluding carboxylic acids is 1. The van der Waals surface area contributed by atoms with Gasteiger partial charge < -0.3 is 11.1 Å². The molecule has 0 bridgehead atoms. The molecule has 0 saturated heterocycles. The zero-order chi connectivity index (χ0) is 12.7. The first-order valence-electron chi connectivity index (χ1n) is 6.42. The molecule has 3 nitrogen and oxygen atoms in total. The van der Waals surface area contributed by atoms with Crippen molar-refractivity contribution in [3.05, 3.63) is 0 Å². The molecule has 0 radical (unpaired) electrons. The average molecular weight is 228 g/mol. The minimum atomic E-state index is -0.0561. The fraction of sp³-hybridized carbons (Fsp3) is 0.923. The second kappa shape index (κ2) is 7.66. The molecule has 0 aliphatic heterocycles. The van der Waals surface area contributed by atoms with E-state index in [1.165, 1.54) is 0 Å². The van der Waals surface area contributed by atoms with E-state index in [0.29, 0.717) is 18.4 Å². The van der Waals surface area contributed by atoms with E-state index in [1.54, 1.807) is 0 Å². The standard InChI is InChI=1S/C13H28N2O/c1-6-10(4)7-11(5)15-13(16)12(8-14)9(2)3/h9-12H,6-8,14H2,1-5H3,(H,15,16). The summed E-state index contributed by atoms with van der Waals surface area (Å²) >= 11 is 0. The molecule has 0 saturated carbocycles. The highest BCUT2D eigenvalue weighted by atomic mass is 16.1. The first kappa shape index (κ1) is 15.4. The predicted molar refractivity (Wildman–Crippen MR) is 69.1 cm³/mol. The molecule has 0 aromatic rings. The zero-order valence-corrected chi connectivity index (χ0v) is 11.4. The summed E-state index contributed by atoms with van der Waals surface area (Å²) < 4.78 is 0. The molecule has 0 heterocycles. The molecule has 3 N–H and O–H groups in total. The Kier molecular flexibility index (Phi) is 7.39. The molecule has 0 aromatic carbocycles. The summed E-state index contributed by atoms with van der Waals surface area (Å²) in [7, 11) is 0. The molecule has 0 spiro atoms. The van der Waals surface area contributed by atoms with Crippen LogP contribution < -0.4 is 11.1 Å². The van der Waals surface area contributed by atoms with Gasteiger partial charge in [0.05, 0.1) is 5.92 Å². The number of carbonyl (C=O) groups is 1. The van der Waals surface area contributed by atoms with Gasteiger partial charge in [-0.3, -0.25) is 4.79 Å². The Hall–Kier alpha value is -0.570. The van der Waals surface area contributed by atoms with Gasteiger partial charge >= 0.3 is 0 Å². The third-order valence-electron chi connectivity index (χ3n) is 3.24. The number of hydrogen-bond donors (Lipinski definition) is 2. The lowest BCUT2D eigenvalue weighted by Crippen LogP contribution is -2.42. The summed E-state index contributed by atoms with van der Waals surface area (Å²) in [5.41, 5.74) is 5.62. The summed E-state index contributed by atoms with van der Waals surface area (Å²) in [5, 5.41) is 3.06. The Morgan fingerprint density at radius 3 is 2.19 bits per heavy atom. The first-order chi connectivity index (χ1) is 7.42. The van der Waals surface area contributed by atoms with E-state index in [1.807, 2.05) is 13.8 Å². The second-order valence-electron chi connectivity index (χ2n) is 5.24. The maximum absolute atomic E-state index is 11.9. The zero-order valence-electron chi connectivity index (χ0n) is 11.4. The van der Waals surface area contributed by atoms with Gasteiger partial charge in [0, 0.05) is 12.6 Å². The van der Waals surface area contributed by atoms with E-state index in [9.17, 15) is 4.79 Å². The molecule has 0 aromatic heterocycles. The normalized spacial score (nSPS) is 16.9. The fourth-order valence-corrected chi connectivity index (χ4v) is 1.86. The molecule has 3 unspecified atom stereocenters. The van der Waals surface area contributed by atoms with Crippen LogP contribution in [0.3, 0.4) is 0 Å². The number of nitrogens with one attached hydrogen (secondary N) is 1. The smallest absolute Gasteiger partial charge is 0.224 e. The molecule has 1 amide bonds. The van der Waals surface area contributed by atoms with Gasteiger partial charge in [-0.05, 0) is 25.2 Å². The minimum absolute atomic E-state index is 0.0561. The van der Waals surface area contributed by atoms with Crippen molar-refractivity contribution in [2.45, 2.75) is 53.5 Å². The second-order valence-corrected chi connectivity index (χ2v) is 5.24. The van der Waals surface area contributed by atoms with Gasteiger partial charge in [0.25, 0.3) is 0 Å². The number of nitrogens with two attached hydrogens (primary N) is 1. The number of rotatable bonds is 7. The Balaban J connectivity index is 4.11. The first-order valence-corrected chi connectivity index (χ1v) is 6.42. The highest BCUT2D eigenvalue weighted by molar-refractivity contribution is 5.79. The van der Waals surface area contributed by atoms with E-state index in [-0.39, 0.29) is 17.9 Å². The lowest BCUT2D eigenvalue weighted by atomic mass is 9.94. The molecule has 3 atom stereocenters. The van der Waals surface area contributed by atoms with Crippen LogP contribution >= 0.6 is 0 Å². The molecule has 3 heteroatoms. The highest BCUT2D eigenvalue weighted by Gasteiger charge is 2.21. The lowest BCUT2D eigenvalue weighted by Gasteiger charge is -2.23. The van der Waals surface area contributed by atoms with E-state index in [4.69, 9.17) is 5.73 Å². The average Bonchev–Trinajstić information content (AvgIpc) is 2.17. The largest absolute Gasteiger partial charge is 0.353 e. The van der Waals surface area contributed by atoms with Gasteiger partial charge in [0.2, 0.25) is 5.91 Å². The summed E-state index contributed by atoms with van der Waals surface area (Å²) in [6.45, 7) is 11.0. The van der Waals surface area contributed by atoms with Crippen LogP contribution in [0.15, 0.2) is 0 Å². The van der Waals surface area contributed by atoms with Gasteiger partial charge in [-0.1, -0.05) is 34.1 Å². The fourth-order valence-electron chi connectivity index (χ4n) is 1.86. The summed E-state index contributed by atoms with van der Waals surface area (Å²) in [6.07, 6.45) is 2.20. The van der Waals surface area contributed by atoms with Crippen LogP contribution in [0.25, 0.3) is 0 Å². The van der Waals surface area contributed by atoms with Crippen LogP contribution in [0.4, 0.5) is 0 Å². The predicted octanol–water partition coefficient (Wildman–Crippen LogP) is 2.16. The van der Waals surface area contributed by atoms with Crippen LogP contribution in [0.5, 0.6) is 0 Å². The van der Waals surface area contributed by atoms with Crippen molar-refractivity contribution in [3.63, 3.8) is 0 Å². The van der Waals surface area contributed by atoms with Crippen molar-refractivity contribution in [2.75, 3.05) is 6.54 Å². The topological polar surface area (TPSA) is 55.1 Å². The molecular weight excluding hydrogens is 200 g/mol. The highest BCUT2D eigenvalue weighted by Crippen LogP contribution is 2.12. The van der Waals surface area contributed by atoms with Crippen molar-refractivity contribution < 1.29 is 4.79 Å². The maximum Gasteiger partial charge on any atom is 0.224 e. The van der Waals surface area contributed by atoms with Gasteiger partial charge in [0.15, 0.2) is 0 Å². The van der Waals surface area contributed by atoms with E-state index >= 15 is 0 Å². The summed E-state index contributed by atoms with van der Waals surface area (Å²) in [6, 6.07) is 0.246. The van der Waals surface area contributed by atoms with E-state index in [2.05, 4.69) is 26.1 Å². The van der Waals surface area contributed by atoms with Crippen LogP contribution in [-0.4, -0.2) is 18.5 Å². The van der Waals surface area contributed by atoms with Crippen molar-refractivity contribution in [3.8, 4) is 0 Å². The summed E-state index contributed by atoms with van der Waals surface area (Å²) in [4.78, 5) is 11.9. The third kappa shape index (κ3) is 5.50. The molecule has 0 aliphatic rings. The van der Waals surface area contributed by atoms with E-state index < -0.39 is 0 Å². The molecular formula is C13H28N2O. The maximum atomic E-state index is 11.9. The Bertz CT molecular complexity index is 204. The SMILES string of the molecule is CCC(C)CC(C)NC(=O)C(CN)C(C)C. The van der Waals surface area contributed by atoms with Gasteiger partial charge in [0.1, 0.15) is 0 Å². The van der Waals surface area contributed by atoms with Crippen LogP contribution in [-0.2, 0) is 4.79 Å². The van der Waals surface area contributed by atoms with Gasteiger partial charge in [-0.25, -0.2) is 0 Å². The number of amides is 1. The van der Waals surface area contributed by atoms with Gasteiger partial charge in [-0.15, -0.1) is 0 Å². The Labute approximate surface area is 100 Å². The van der Waals surface area contributed by atoms with Crippen LogP contribution in [0.2, 0.25) is 0 Å². The van der Waals surface area contributed by atoms with Crippen LogP contribution in [0, 0.1) is 17.8 Å². The van der Waals surface area contributed by atoms with Crippen molar-refractivity contribution >= 4 is 5.91 Å². The molecule has 0 rings (SSSR count). The summed E-state index contributed by atoms with van der Waals surface area (Å²) in [5.74, 6) is 1.01. The third-order valence-corrected chi connectivity index (χ3v) is 3.24. The molecule has 0 fully saturated rings. The van der Waals surface area contributed by atoms with E-state index in [0.717, 1.165) is 12.8 Å². The minimum Gasteiger partial charge on any atom is -0.353 e. The molecule has 0 aliphatic carbocycles. The van der Waals surface area contributed by atoms with Gasteiger partial charge in [-0.2, -0.15) is 0 Å². The molecule has 16 heavy (non-hydrogen) atoms. The van der Waals surface area contributed by atoms with Crippen molar-refractivity contribution in [2.24, 2.45) is 23.5 Å². The Morgan fingerprint density at radius 1 is 1.25 bits per heavy atom. The van der Waals surface area contributed by atoms with Crippen molar-refractivity contribution in [1.29, 1.82) is 0 Å². The van der Waals surface area contributed by atoms with Crippen molar-refractivity contribution in [1.82, 2.24) is 5.32 Å². The Morgan fingerprint density at radius 2 is 1.81 bits per heavy atom. The molecule has 96 valence electrons. The lowest BCUT2D eigenvalue weighted by molar-refractivity contribution is -0.126. The monoisotopic (exact) mass is 228 g/mol.